The SMILES string of the molecule is N=C1CCCCC(C/C=C/c2ccccc2)N1. The van der Waals surface area contributed by atoms with Crippen LogP contribution in [0.2, 0.25) is 0 Å². The zero-order valence-electron chi connectivity index (χ0n) is 10.2. The van der Waals surface area contributed by atoms with Gasteiger partial charge in [-0.3, -0.25) is 5.41 Å². The van der Waals surface area contributed by atoms with E-state index >= 15 is 0 Å². The highest BCUT2D eigenvalue weighted by Crippen LogP contribution is 2.13. The highest BCUT2D eigenvalue weighted by molar-refractivity contribution is 5.79. The van der Waals surface area contributed by atoms with Crippen LogP contribution in [0.1, 0.15) is 37.7 Å². The number of benzene rings is 1. The highest BCUT2D eigenvalue weighted by atomic mass is 15.0. The topological polar surface area (TPSA) is 35.9 Å². The standard InChI is InChI=1S/C15H20N2/c16-15-12-5-4-10-14(17-15)11-6-9-13-7-2-1-3-8-13/h1-3,6-9,14H,4-5,10-12H2,(H2,16,17)/b9-6+. The first kappa shape index (κ1) is 11.9. The van der Waals surface area contributed by atoms with Crippen LogP contribution in [-0.4, -0.2) is 11.9 Å². The molecule has 2 nitrogen and oxygen atoms in total. The molecular formula is C15H20N2. The van der Waals surface area contributed by atoms with Crippen LogP contribution in [0.5, 0.6) is 0 Å². The molecule has 0 bridgehead atoms. The quantitative estimate of drug-likeness (QED) is 0.814. The molecule has 1 atom stereocenters. The average molecular weight is 228 g/mol. The van der Waals surface area contributed by atoms with Crippen molar-refractivity contribution in [3.8, 4) is 0 Å². The summed E-state index contributed by atoms with van der Waals surface area (Å²) in [7, 11) is 0. The van der Waals surface area contributed by atoms with E-state index in [-0.39, 0.29) is 0 Å². The summed E-state index contributed by atoms with van der Waals surface area (Å²) in [6, 6.07) is 10.8. The summed E-state index contributed by atoms with van der Waals surface area (Å²) in [5.41, 5.74) is 1.25. The molecule has 1 saturated heterocycles. The van der Waals surface area contributed by atoms with Gasteiger partial charge in [-0.05, 0) is 24.8 Å². The third-order valence-electron chi connectivity index (χ3n) is 3.14. The van der Waals surface area contributed by atoms with Gasteiger partial charge in [0, 0.05) is 12.5 Å². The maximum atomic E-state index is 7.72. The molecule has 0 amide bonds. The molecule has 17 heavy (non-hydrogen) atoms. The van der Waals surface area contributed by atoms with Crippen LogP contribution in [0, 0.1) is 5.41 Å². The van der Waals surface area contributed by atoms with E-state index in [2.05, 4.69) is 41.7 Å². The summed E-state index contributed by atoms with van der Waals surface area (Å²) in [5, 5.41) is 11.0. The van der Waals surface area contributed by atoms with Crippen molar-refractivity contribution in [2.24, 2.45) is 0 Å². The van der Waals surface area contributed by atoms with Crippen LogP contribution in [0.3, 0.4) is 0 Å². The maximum absolute atomic E-state index is 7.72. The Balaban J connectivity index is 1.85. The summed E-state index contributed by atoms with van der Waals surface area (Å²) in [6.07, 6.45) is 9.88. The number of hydrogen-bond donors (Lipinski definition) is 2. The van der Waals surface area contributed by atoms with Gasteiger partial charge in [0.2, 0.25) is 0 Å². The minimum atomic E-state index is 0.449. The lowest BCUT2D eigenvalue weighted by atomic mass is 10.1. The molecule has 1 aliphatic heterocycles. The van der Waals surface area contributed by atoms with Crippen molar-refractivity contribution in [3.63, 3.8) is 0 Å². The van der Waals surface area contributed by atoms with Gasteiger partial charge in [-0.15, -0.1) is 0 Å². The maximum Gasteiger partial charge on any atom is 0.0933 e. The monoisotopic (exact) mass is 228 g/mol. The number of hydrogen-bond acceptors (Lipinski definition) is 1. The second-order valence-corrected chi connectivity index (χ2v) is 4.61. The molecule has 1 unspecified atom stereocenters. The Morgan fingerprint density at radius 2 is 2.06 bits per heavy atom. The van der Waals surface area contributed by atoms with E-state index in [0.29, 0.717) is 11.9 Å². The second kappa shape index (κ2) is 6.24. The van der Waals surface area contributed by atoms with Gasteiger partial charge in [0.1, 0.15) is 0 Å². The summed E-state index contributed by atoms with van der Waals surface area (Å²) in [4.78, 5) is 0. The largest absolute Gasteiger partial charge is 0.371 e. The molecule has 1 aromatic carbocycles. The first-order valence-corrected chi connectivity index (χ1v) is 6.40. The molecule has 0 aromatic heterocycles. The van der Waals surface area contributed by atoms with E-state index < -0.39 is 0 Å². The average Bonchev–Trinajstić information content (AvgIpc) is 2.55. The van der Waals surface area contributed by atoms with Crippen molar-refractivity contribution in [2.45, 2.75) is 38.1 Å². The van der Waals surface area contributed by atoms with Crippen molar-refractivity contribution < 1.29 is 0 Å². The lowest BCUT2D eigenvalue weighted by Gasteiger charge is -2.14. The Morgan fingerprint density at radius 1 is 1.24 bits per heavy atom. The molecule has 2 rings (SSSR count). The first-order valence-electron chi connectivity index (χ1n) is 6.40. The minimum Gasteiger partial charge on any atom is -0.371 e. The Bertz CT molecular complexity index is 381. The molecule has 2 heteroatoms. The number of rotatable bonds is 3. The van der Waals surface area contributed by atoms with Gasteiger partial charge in [-0.1, -0.05) is 48.9 Å². The van der Waals surface area contributed by atoms with Crippen LogP contribution >= 0.6 is 0 Å². The van der Waals surface area contributed by atoms with E-state index in [1.807, 2.05) is 6.07 Å². The Kier molecular flexibility index (Phi) is 4.37. The fraction of sp³-hybridized carbons (Fsp3) is 0.400. The highest BCUT2D eigenvalue weighted by Gasteiger charge is 2.12. The van der Waals surface area contributed by atoms with Crippen LogP contribution in [0.15, 0.2) is 36.4 Å². The predicted octanol–water partition coefficient (Wildman–Crippen LogP) is 3.60. The van der Waals surface area contributed by atoms with Gasteiger partial charge in [-0.2, -0.15) is 0 Å². The smallest absolute Gasteiger partial charge is 0.0933 e. The van der Waals surface area contributed by atoms with Crippen LogP contribution in [-0.2, 0) is 0 Å². The molecule has 90 valence electrons. The van der Waals surface area contributed by atoms with Gasteiger partial charge in [0.15, 0.2) is 0 Å². The molecule has 2 N–H and O–H groups in total. The summed E-state index contributed by atoms with van der Waals surface area (Å²) < 4.78 is 0. The lowest BCUT2D eigenvalue weighted by Crippen LogP contribution is -2.31. The third kappa shape index (κ3) is 4.06. The van der Waals surface area contributed by atoms with Crippen molar-refractivity contribution in [1.29, 1.82) is 5.41 Å². The van der Waals surface area contributed by atoms with Crippen molar-refractivity contribution >= 4 is 11.9 Å². The van der Waals surface area contributed by atoms with Gasteiger partial charge in [0.05, 0.1) is 5.84 Å². The van der Waals surface area contributed by atoms with E-state index in [1.165, 1.54) is 18.4 Å². The Labute approximate surface area is 103 Å². The fourth-order valence-corrected chi connectivity index (χ4v) is 2.19. The van der Waals surface area contributed by atoms with Gasteiger partial charge in [-0.25, -0.2) is 0 Å². The number of amidine groups is 1. The first-order chi connectivity index (χ1) is 8.34. The molecule has 0 saturated carbocycles. The normalized spacial score (nSPS) is 21.2. The van der Waals surface area contributed by atoms with E-state index in [9.17, 15) is 0 Å². The van der Waals surface area contributed by atoms with E-state index in [4.69, 9.17) is 5.41 Å². The summed E-state index contributed by atoms with van der Waals surface area (Å²) in [5.74, 6) is 0.709. The Morgan fingerprint density at radius 3 is 2.88 bits per heavy atom. The van der Waals surface area contributed by atoms with E-state index in [1.54, 1.807) is 0 Å². The van der Waals surface area contributed by atoms with Crippen molar-refractivity contribution in [3.05, 3.63) is 42.0 Å². The molecule has 0 aliphatic carbocycles. The number of nitrogens with one attached hydrogen (secondary N) is 2. The lowest BCUT2D eigenvalue weighted by molar-refractivity contribution is 0.558. The summed E-state index contributed by atoms with van der Waals surface area (Å²) in [6.45, 7) is 0. The van der Waals surface area contributed by atoms with Crippen molar-refractivity contribution in [1.82, 2.24) is 5.32 Å². The molecule has 1 heterocycles. The van der Waals surface area contributed by atoms with Crippen LogP contribution < -0.4 is 5.32 Å². The Hall–Kier alpha value is -1.57. The summed E-state index contributed by atoms with van der Waals surface area (Å²) >= 11 is 0. The molecule has 0 radical (unpaired) electrons. The third-order valence-corrected chi connectivity index (χ3v) is 3.14. The minimum absolute atomic E-state index is 0.449. The van der Waals surface area contributed by atoms with Gasteiger partial charge >= 0.3 is 0 Å². The van der Waals surface area contributed by atoms with Gasteiger partial charge in [0.25, 0.3) is 0 Å². The zero-order valence-corrected chi connectivity index (χ0v) is 10.2. The van der Waals surface area contributed by atoms with E-state index in [0.717, 1.165) is 19.3 Å². The molecule has 1 fully saturated rings. The molecule has 1 aromatic rings. The van der Waals surface area contributed by atoms with Gasteiger partial charge < -0.3 is 5.32 Å². The molecule has 1 aliphatic rings. The van der Waals surface area contributed by atoms with Crippen molar-refractivity contribution in [2.75, 3.05) is 0 Å². The second-order valence-electron chi connectivity index (χ2n) is 4.61. The molecular weight excluding hydrogens is 208 g/mol. The van der Waals surface area contributed by atoms with Crippen LogP contribution in [0.25, 0.3) is 6.08 Å². The molecule has 0 spiro atoms. The fourth-order valence-electron chi connectivity index (χ4n) is 2.19. The van der Waals surface area contributed by atoms with Crippen LogP contribution in [0.4, 0.5) is 0 Å². The predicted molar refractivity (Wildman–Crippen MR) is 73.2 cm³/mol. The zero-order chi connectivity index (χ0) is 11.9.